The number of allylic oxidation sites excluding steroid dienone is 4. The summed E-state index contributed by atoms with van der Waals surface area (Å²) < 4.78 is -1.41. The van der Waals surface area contributed by atoms with Crippen molar-refractivity contribution in [3.8, 4) is 0 Å². The van der Waals surface area contributed by atoms with Gasteiger partial charge in [-0.3, -0.25) is 0 Å². The van der Waals surface area contributed by atoms with Crippen LogP contribution in [-0.2, 0) is 0 Å². The van der Waals surface area contributed by atoms with Gasteiger partial charge in [-0.15, -0.1) is 11.6 Å². The number of benzene rings is 1. The van der Waals surface area contributed by atoms with Crippen molar-refractivity contribution in [1.82, 2.24) is 0 Å². The average molecular weight is 397 g/mol. The van der Waals surface area contributed by atoms with Gasteiger partial charge in [-0.1, -0.05) is 75.7 Å². The Balaban J connectivity index is 2.59. The first-order chi connectivity index (χ1) is 8.75. The third kappa shape index (κ3) is 3.01. The van der Waals surface area contributed by atoms with E-state index in [1.165, 1.54) is 0 Å². The van der Waals surface area contributed by atoms with E-state index in [4.69, 9.17) is 81.2 Å². The summed E-state index contributed by atoms with van der Waals surface area (Å²) in [6.07, 6.45) is 1.57. The van der Waals surface area contributed by atoms with E-state index in [1.54, 1.807) is 24.3 Å². The van der Waals surface area contributed by atoms with Gasteiger partial charge in [0.25, 0.3) is 0 Å². The molecule has 0 nitrogen and oxygen atoms in total. The predicted octanol–water partition coefficient (Wildman–Crippen LogP) is 6.86. The van der Waals surface area contributed by atoms with E-state index in [0.717, 1.165) is 0 Å². The highest BCUT2D eigenvalue weighted by Crippen LogP contribution is 2.50. The lowest BCUT2D eigenvalue weighted by molar-refractivity contribution is 0.969. The Bertz CT molecular complexity index is 586. The molecule has 1 aromatic rings. The molecule has 0 amide bonds. The fraction of sp³-hybridized carbons (Fsp3) is 0.167. The smallest absolute Gasteiger partial charge is 0.113 e. The molecule has 0 fully saturated rings. The first-order valence-electron chi connectivity index (χ1n) is 4.99. The van der Waals surface area contributed by atoms with Gasteiger partial charge in [0.1, 0.15) is 5.38 Å². The molecule has 0 bridgehead atoms. The molecular formula is C12H5Cl7. The van der Waals surface area contributed by atoms with Gasteiger partial charge in [0.2, 0.25) is 0 Å². The van der Waals surface area contributed by atoms with Gasteiger partial charge in [0.05, 0.1) is 20.1 Å². The molecule has 7 heteroatoms. The Morgan fingerprint density at radius 1 is 0.947 bits per heavy atom. The highest BCUT2D eigenvalue weighted by molar-refractivity contribution is 6.61. The molecule has 1 aliphatic carbocycles. The molecule has 0 aliphatic heterocycles. The van der Waals surface area contributed by atoms with Crippen molar-refractivity contribution in [2.24, 2.45) is 0 Å². The first kappa shape index (κ1) is 16.1. The molecule has 19 heavy (non-hydrogen) atoms. The van der Waals surface area contributed by atoms with Crippen LogP contribution in [-0.4, -0.2) is 9.71 Å². The Morgan fingerprint density at radius 2 is 1.58 bits per heavy atom. The lowest BCUT2D eigenvalue weighted by Gasteiger charge is -2.31. The van der Waals surface area contributed by atoms with Crippen molar-refractivity contribution in [3.05, 3.63) is 49.9 Å². The SMILES string of the molecule is ClC1=C(Cl)C(Cl)C(Cl)(Cl)C(c2ccc(Cl)c(Cl)c2)=C1. The van der Waals surface area contributed by atoms with E-state index in [0.29, 0.717) is 26.2 Å². The van der Waals surface area contributed by atoms with Crippen molar-refractivity contribution in [2.75, 3.05) is 0 Å². The fourth-order valence-corrected chi connectivity index (χ4v) is 3.33. The van der Waals surface area contributed by atoms with Gasteiger partial charge in [0, 0.05) is 0 Å². The molecule has 1 aromatic carbocycles. The predicted molar refractivity (Wildman–Crippen MR) is 87.2 cm³/mol. The summed E-state index contributed by atoms with van der Waals surface area (Å²) in [5.74, 6) is 0. The standard InChI is InChI=1S/C12H5Cl7/c13-7-2-1-5(3-8(7)14)6-4-9(15)10(16)11(17)12(6,18)19/h1-4,11H. The maximum Gasteiger partial charge on any atom is 0.165 e. The Morgan fingerprint density at radius 3 is 2.16 bits per heavy atom. The van der Waals surface area contributed by atoms with E-state index in [2.05, 4.69) is 0 Å². The summed E-state index contributed by atoms with van der Waals surface area (Å²) in [6, 6.07) is 5.01. The van der Waals surface area contributed by atoms with Crippen LogP contribution in [0.2, 0.25) is 10.0 Å². The van der Waals surface area contributed by atoms with Crippen molar-refractivity contribution >= 4 is 86.8 Å². The molecule has 0 heterocycles. The van der Waals surface area contributed by atoms with Gasteiger partial charge < -0.3 is 0 Å². The van der Waals surface area contributed by atoms with Crippen LogP contribution in [0.1, 0.15) is 5.56 Å². The number of hydrogen-bond acceptors (Lipinski definition) is 0. The van der Waals surface area contributed by atoms with Crippen molar-refractivity contribution in [2.45, 2.75) is 9.71 Å². The van der Waals surface area contributed by atoms with Crippen LogP contribution in [0.5, 0.6) is 0 Å². The minimum absolute atomic E-state index is 0.206. The number of alkyl halides is 3. The summed E-state index contributed by atoms with van der Waals surface area (Å²) in [6.45, 7) is 0. The molecule has 1 atom stereocenters. The third-order valence-electron chi connectivity index (χ3n) is 2.63. The van der Waals surface area contributed by atoms with Gasteiger partial charge in [-0.25, -0.2) is 0 Å². The summed E-state index contributed by atoms with van der Waals surface area (Å²) in [5, 5.41) is 0.460. The molecule has 1 unspecified atom stereocenters. The highest BCUT2D eigenvalue weighted by atomic mass is 35.5. The lowest BCUT2D eigenvalue weighted by atomic mass is 9.96. The molecule has 0 saturated heterocycles. The minimum Gasteiger partial charge on any atom is -0.113 e. The summed E-state index contributed by atoms with van der Waals surface area (Å²) in [7, 11) is 0. The third-order valence-corrected chi connectivity index (χ3v) is 5.92. The Labute approximate surface area is 145 Å². The second kappa shape index (κ2) is 5.85. The van der Waals surface area contributed by atoms with E-state index < -0.39 is 9.71 Å². The molecule has 1 aliphatic rings. The zero-order chi connectivity index (χ0) is 14.4. The maximum atomic E-state index is 6.29. The van der Waals surface area contributed by atoms with E-state index >= 15 is 0 Å². The first-order valence-corrected chi connectivity index (χ1v) is 7.70. The summed E-state index contributed by atoms with van der Waals surface area (Å²) in [5.41, 5.74) is 1.19. The van der Waals surface area contributed by atoms with E-state index in [9.17, 15) is 0 Å². The quantitative estimate of drug-likeness (QED) is 0.454. The Kier molecular flexibility index (Phi) is 4.96. The number of hydrogen-bond donors (Lipinski definition) is 0. The van der Waals surface area contributed by atoms with Crippen LogP contribution in [0.25, 0.3) is 5.57 Å². The highest BCUT2D eigenvalue weighted by Gasteiger charge is 2.43. The molecule has 102 valence electrons. The summed E-state index contributed by atoms with van der Waals surface area (Å²) in [4.78, 5) is 0. The number of halogens is 7. The second-order valence-corrected chi connectivity index (χ2v) is 7.32. The normalized spacial score (nSPS) is 22.5. The molecule has 0 spiro atoms. The molecule has 0 N–H and O–H groups in total. The zero-order valence-electron chi connectivity index (χ0n) is 9.03. The van der Waals surface area contributed by atoms with Gasteiger partial charge in [-0.2, -0.15) is 0 Å². The van der Waals surface area contributed by atoms with Gasteiger partial charge >= 0.3 is 0 Å². The fourth-order valence-electron chi connectivity index (χ4n) is 1.65. The van der Waals surface area contributed by atoms with Crippen LogP contribution in [0.4, 0.5) is 0 Å². The topological polar surface area (TPSA) is 0 Å². The van der Waals surface area contributed by atoms with Crippen molar-refractivity contribution < 1.29 is 0 Å². The minimum atomic E-state index is -1.41. The van der Waals surface area contributed by atoms with E-state index in [-0.39, 0.29) is 5.03 Å². The molecular weight excluding hydrogens is 392 g/mol. The van der Waals surface area contributed by atoms with Crippen LogP contribution in [0.15, 0.2) is 34.3 Å². The molecule has 0 radical (unpaired) electrons. The average Bonchev–Trinajstić information content (AvgIpc) is 2.35. The van der Waals surface area contributed by atoms with Crippen LogP contribution >= 0.6 is 81.2 Å². The molecule has 0 saturated carbocycles. The van der Waals surface area contributed by atoms with Crippen LogP contribution in [0, 0.1) is 0 Å². The van der Waals surface area contributed by atoms with Crippen LogP contribution < -0.4 is 0 Å². The maximum absolute atomic E-state index is 6.29. The zero-order valence-corrected chi connectivity index (χ0v) is 14.3. The molecule has 2 rings (SSSR count). The van der Waals surface area contributed by atoms with Gasteiger partial charge in [0.15, 0.2) is 4.33 Å². The van der Waals surface area contributed by atoms with E-state index in [1.807, 2.05) is 0 Å². The monoisotopic (exact) mass is 394 g/mol. The van der Waals surface area contributed by atoms with Crippen molar-refractivity contribution in [3.63, 3.8) is 0 Å². The Hall–Kier alpha value is 0.730. The molecule has 0 aromatic heterocycles. The largest absolute Gasteiger partial charge is 0.165 e. The van der Waals surface area contributed by atoms with Crippen molar-refractivity contribution in [1.29, 1.82) is 0 Å². The van der Waals surface area contributed by atoms with Crippen LogP contribution in [0.3, 0.4) is 0 Å². The summed E-state index contributed by atoms with van der Waals surface area (Å²) >= 11 is 42.5. The van der Waals surface area contributed by atoms with Gasteiger partial charge in [-0.05, 0) is 29.3 Å². The lowest BCUT2D eigenvalue weighted by Crippen LogP contribution is -2.31. The second-order valence-electron chi connectivity index (χ2n) is 3.87. The number of rotatable bonds is 1.